The van der Waals surface area contributed by atoms with Gasteiger partial charge in [0.25, 0.3) is 5.91 Å². The molecule has 0 bridgehead atoms. The normalized spacial score (nSPS) is 18.3. The average Bonchev–Trinajstić information content (AvgIpc) is 3.00. The molecule has 2 heterocycles. The van der Waals surface area contributed by atoms with Crippen LogP contribution in [0.25, 0.3) is 0 Å². The number of pyridine rings is 1. The summed E-state index contributed by atoms with van der Waals surface area (Å²) in [6, 6.07) is 3.59. The van der Waals surface area contributed by atoms with Gasteiger partial charge in [0.15, 0.2) is 0 Å². The Hall–Kier alpha value is -1.54. The highest BCUT2D eigenvalue weighted by atomic mass is 35.5. The molecule has 6 nitrogen and oxygen atoms in total. The van der Waals surface area contributed by atoms with Crippen LogP contribution in [0.1, 0.15) is 49.9 Å². The van der Waals surface area contributed by atoms with E-state index in [4.69, 9.17) is 23.2 Å². The number of carbonyl (C=O) groups excluding carboxylic acids is 1. The van der Waals surface area contributed by atoms with Crippen molar-refractivity contribution in [2.45, 2.75) is 51.1 Å². The van der Waals surface area contributed by atoms with Gasteiger partial charge in [-0.3, -0.25) is 9.52 Å². The molecule has 1 saturated heterocycles. The second-order valence-corrected chi connectivity index (χ2v) is 9.01. The van der Waals surface area contributed by atoms with Gasteiger partial charge in [-0.25, -0.2) is 9.98 Å². The maximum atomic E-state index is 12.2. The second-order valence-electron chi connectivity index (χ2n) is 7.44. The summed E-state index contributed by atoms with van der Waals surface area (Å²) < 4.78 is 2.66. The Kier molecular flexibility index (Phi) is 9.02. The van der Waals surface area contributed by atoms with E-state index < -0.39 is 5.91 Å². The van der Waals surface area contributed by atoms with E-state index in [2.05, 4.69) is 52.3 Å². The van der Waals surface area contributed by atoms with E-state index in [0.29, 0.717) is 16.9 Å². The van der Waals surface area contributed by atoms with Gasteiger partial charge in [-0.05, 0) is 57.7 Å². The van der Waals surface area contributed by atoms with Crippen molar-refractivity contribution in [3.63, 3.8) is 0 Å². The minimum atomic E-state index is -0.399. The average molecular weight is 456 g/mol. The van der Waals surface area contributed by atoms with Crippen LogP contribution < -0.4 is 15.4 Å². The summed E-state index contributed by atoms with van der Waals surface area (Å²) in [4.78, 5) is 20.4. The summed E-state index contributed by atoms with van der Waals surface area (Å²) in [6.45, 7) is 12.9. The molecule has 1 unspecified atom stereocenters. The van der Waals surface area contributed by atoms with Gasteiger partial charge in [0.2, 0.25) is 0 Å². The van der Waals surface area contributed by atoms with Gasteiger partial charge in [0.1, 0.15) is 21.2 Å². The number of nitrogens with one attached hydrogen (secondary N) is 3. The fraction of sp³-hybridized carbons (Fsp3) is 0.450. The predicted molar refractivity (Wildman–Crippen MR) is 124 cm³/mol. The van der Waals surface area contributed by atoms with Crippen LogP contribution in [0, 0.1) is 0 Å². The fourth-order valence-electron chi connectivity index (χ4n) is 3.05. The summed E-state index contributed by atoms with van der Waals surface area (Å²) in [5.41, 5.74) is 0.478. The summed E-state index contributed by atoms with van der Waals surface area (Å²) in [7, 11) is 0. The molecule has 1 fully saturated rings. The van der Waals surface area contributed by atoms with Crippen LogP contribution in [0.2, 0.25) is 10.3 Å². The van der Waals surface area contributed by atoms with E-state index in [0.717, 1.165) is 31.3 Å². The van der Waals surface area contributed by atoms with E-state index >= 15 is 0 Å². The lowest BCUT2D eigenvalue weighted by molar-refractivity contribution is 0.0984. The number of amides is 1. The molecule has 1 atom stereocenters. The Morgan fingerprint density at radius 3 is 2.86 bits per heavy atom. The molecule has 9 heteroatoms. The smallest absolute Gasteiger partial charge is 0.264 e. The molecule has 1 aliphatic heterocycles. The van der Waals surface area contributed by atoms with Gasteiger partial charge in [-0.2, -0.15) is 0 Å². The van der Waals surface area contributed by atoms with E-state index in [-0.39, 0.29) is 21.4 Å². The first-order chi connectivity index (χ1) is 13.7. The number of nitrogens with zero attached hydrogens (tertiary/aromatic N) is 2. The topological polar surface area (TPSA) is 78.4 Å². The standard InChI is InChI=1S/C20H27Cl2N5OS/c1-5-17(29-27-19(28)15-8-9-16(21)25-18(15)22)24-13(2)23-12-6-7-14-10-11-20(3,4)26-14/h5,8-9,14,23,26H,1-2,6-7,10-12H2,3-4H3,(H,27,28)/b24-17+. The van der Waals surface area contributed by atoms with Crippen LogP contribution in [-0.2, 0) is 0 Å². The number of hydrogen-bond donors (Lipinski definition) is 3. The van der Waals surface area contributed by atoms with Crippen LogP contribution in [-0.4, -0.2) is 34.1 Å². The van der Waals surface area contributed by atoms with Crippen molar-refractivity contribution in [2.75, 3.05) is 6.54 Å². The molecular formula is C20H27Cl2N5OS. The number of halogens is 2. The van der Waals surface area contributed by atoms with Crippen LogP contribution in [0.3, 0.4) is 0 Å². The molecule has 2 rings (SSSR count). The molecule has 1 aliphatic rings. The largest absolute Gasteiger partial charge is 0.371 e. The summed E-state index contributed by atoms with van der Waals surface area (Å²) in [5, 5.41) is 7.62. The number of carbonyl (C=O) groups is 1. The minimum absolute atomic E-state index is 0.0407. The van der Waals surface area contributed by atoms with Crippen molar-refractivity contribution >= 4 is 46.1 Å². The highest BCUT2D eigenvalue weighted by Crippen LogP contribution is 2.24. The van der Waals surface area contributed by atoms with Crippen molar-refractivity contribution in [3.05, 3.63) is 53.1 Å². The van der Waals surface area contributed by atoms with Crippen LogP contribution in [0.4, 0.5) is 0 Å². The zero-order chi connectivity index (χ0) is 21.4. The lowest BCUT2D eigenvalue weighted by Gasteiger charge is -2.20. The monoisotopic (exact) mass is 455 g/mol. The Bertz CT molecular complexity index is 797. The second kappa shape index (κ2) is 11.0. The fourth-order valence-corrected chi connectivity index (χ4v) is 4.02. The maximum absolute atomic E-state index is 12.2. The van der Waals surface area contributed by atoms with Crippen LogP contribution in [0.15, 0.2) is 42.2 Å². The van der Waals surface area contributed by atoms with Crippen molar-refractivity contribution in [2.24, 2.45) is 4.99 Å². The van der Waals surface area contributed by atoms with E-state index in [9.17, 15) is 4.79 Å². The molecule has 158 valence electrons. The van der Waals surface area contributed by atoms with Crippen molar-refractivity contribution < 1.29 is 4.79 Å². The highest BCUT2D eigenvalue weighted by molar-refractivity contribution is 8.13. The molecule has 0 aromatic carbocycles. The third kappa shape index (κ3) is 8.01. The molecule has 1 aromatic rings. The number of aliphatic imine (C=N–C) groups is 1. The van der Waals surface area contributed by atoms with Crippen molar-refractivity contribution in [1.82, 2.24) is 20.3 Å². The quantitative estimate of drug-likeness (QED) is 0.173. The zero-order valence-electron chi connectivity index (χ0n) is 16.7. The number of rotatable bonds is 8. The third-order valence-electron chi connectivity index (χ3n) is 4.50. The lowest BCUT2D eigenvalue weighted by Crippen LogP contribution is -2.37. The van der Waals surface area contributed by atoms with Gasteiger partial charge in [0, 0.05) is 30.1 Å². The molecule has 0 aliphatic carbocycles. The maximum Gasteiger partial charge on any atom is 0.264 e. The Morgan fingerprint density at radius 2 is 2.24 bits per heavy atom. The van der Waals surface area contributed by atoms with Gasteiger partial charge < -0.3 is 10.6 Å². The van der Waals surface area contributed by atoms with E-state index in [1.807, 2.05) is 0 Å². The minimum Gasteiger partial charge on any atom is -0.371 e. The van der Waals surface area contributed by atoms with Gasteiger partial charge in [0.05, 0.1) is 5.56 Å². The van der Waals surface area contributed by atoms with Crippen molar-refractivity contribution in [3.8, 4) is 0 Å². The molecule has 1 amide bonds. The zero-order valence-corrected chi connectivity index (χ0v) is 19.1. The first-order valence-electron chi connectivity index (χ1n) is 9.41. The van der Waals surface area contributed by atoms with Gasteiger partial charge in [-0.15, -0.1) is 0 Å². The Morgan fingerprint density at radius 1 is 1.48 bits per heavy atom. The van der Waals surface area contributed by atoms with Crippen LogP contribution >= 0.6 is 35.1 Å². The molecule has 3 N–H and O–H groups in total. The molecular weight excluding hydrogens is 429 g/mol. The lowest BCUT2D eigenvalue weighted by atomic mass is 10.0. The van der Waals surface area contributed by atoms with Crippen LogP contribution in [0.5, 0.6) is 0 Å². The first-order valence-corrected chi connectivity index (χ1v) is 11.0. The SMILES string of the molecule is C=C/C(=N\C(=C)NCCCC1CCC(C)(C)N1)SNC(=O)c1ccc(Cl)nc1Cl. The first kappa shape index (κ1) is 23.7. The predicted octanol–water partition coefficient (Wildman–Crippen LogP) is 4.72. The van der Waals surface area contributed by atoms with E-state index in [1.165, 1.54) is 25.0 Å². The summed E-state index contributed by atoms with van der Waals surface area (Å²) in [6.07, 6.45) is 6.12. The molecule has 0 radical (unpaired) electrons. The molecule has 0 saturated carbocycles. The number of hydrogen-bond acceptors (Lipinski definition) is 6. The Labute approximate surface area is 186 Å². The molecule has 29 heavy (non-hydrogen) atoms. The summed E-state index contributed by atoms with van der Waals surface area (Å²) in [5.74, 6) is 0.122. The van der Waals surface area contributed by atoms with Gasteiger partial charge >= 0.3 is 0 Å². The van der Waals surface area contributed by atoms with E-state index in [1.54, 1.807) is 6.08 Å². The highest BCUT2D eigenvalue weighted by Gasteiger charge is 2.29. The Balaban J connectivity index is 1.74. The number of aromatic nitrogens is 1. The van der Waals surface area contributed by atoms with Crippen molar-refractivity contribution in [1.29, 1.82) is 0 Å². The molecule has 0 spiro atoms. The van der Waals surface area contributed by atoms with Gasteiger partial charge in [-0.1, -0.05) is 36.4 Å². The third-order valence-corrected chi connectivity index (χ3v) is 5.75. The molecule has 1 aromatic heterocycles. The summed E-state index contributed by atoms with van der Waals surface area (Å²) >= 11 is 12.7.